The summed E-state index contributed by atoms with van der Waals surface area (Å²) in [6.45, 7) is 38.4. The first-order valence-electron chi connectivity index (χ1n) is 22.4. The van der Waals surface area contributed by atoms with E-state index in [1.807, 2.05) is 0 Å². The van der Waals surface area contributed by atoms with E-state index in [1.165, 1.54) is 97.0 Å². The van der Waals surface area contributed by atoms with Crippen molar-refractivity contribution in [3.63, 3.8) is 0 Å². The van der Waals surface area contributed by atoms with Crippen molar-refractivity contribution in [2.45, 2.75) is 170 Å². The van der Waals surface area contributed by atoms with Crippen molar-refractivity contribution in [1.82, 2.24) is 0 Å². The van der Waals surface area contributed by atoms with E-state index < -0.39 is 0 Å². The lowest BCUT2D eigenvalue weighted by Gasteiger charge is -2.46. The summed E-state index contributed by atoms with van der Waals surface area (Å²) in [7, 11) is 0. The summed E-state index contributed by atoms with van der Waals surface area (Å²) < 4.78 is 7.66. The Bertz CT molecular complexity index is 2450. The van der Waals surface area contributed by atoms with Crippen LogP contribution in [-0.4, -0.2) is 6.71 Å². The highest BCUT2D eigenvalue weighted by Crippen LogP contribution is 2.56. The van der Waals surface area contributed by atoms with Gasteiger partial charge >= 0.3 is 0 Å². The van der Waals surface area contributed by atoms with Gasteiger partial charge in [-0.3, -0.25) is 0 Å². The summed E-state index contributed by atoms with van der Waals surface area (Å²) in [5.41, 5.74) is 20.2. The lowest BCUT2D eigenvalue weighted by atomic mass is 9.35. The van der Waals surface area contributed by atoms with Crippen molar-refractivity contribution < 1.29 is 4.42 Å². The summed E-state index contributed by atoms with van der Waals surface area (Å²) in [4.78, 5) is 5.30. The molecule has 0 saturated heterocycles. The molecule has 3 aromatic carbocycles. The quantitative estimate of drug-likeness (QED) is 0.167. The third kappa shape index (κ3) is 5.80. The molecule has 5 aliphatic rings. The van der Waals surface area contributed by atoms with Crippen molar-refractivity contribution in [3.05, 3.63) is 106 Å². The highest BCUT2D eigenvalue weighted by molar-refractivity contribution is 6.99. The van der Waals surface area contributed by atoms with Gasteiger partial charge in [0.05, 0.1) is 11.3 Å². The molecule has 0 saturated carbocycles. The van der Waals surface area contributed by atoms with E-state index in [0.717, 1.165) is 24.9 Å². The number of nitrogens with zero attached hydrogens (tertiary/aromatic N) is 2. The lowest BCUT2D eigenvalue weighted by Crippen LogP contribution is -2.61. The molecule has 4 heteroatoms. The summed E-state index contributed by atoms with van der Waals surface area (Å²) in [6.07, 6.45) is 13.1. The predicted molar refractivity (Wildman–Crippen MR) is 250 cm³/mol. The van der Waals surface area contributed by atoms with E-state index in [1.54, 1.807) is 0 Å². The van der Waals surface area contributed by atoms with Crippen molar-refractivity contribution in [1.29, 1.82) is 0 Å². The van der Waals surface area contributed by atoms with Crippen molar-refractivity contribution in [3.8, 4) is 0 Å². The Morgan fingerprint density at radius 3 is 1.88 bits per heavy atom. The third-order valence-corrected chi connectivity index (χ3v) is 15.4. The minimum atomic E-state index is -0.0756. The standard InChI is InChI=1S/C54H69BN2O/c1-32-27-42-45-43(28-32)57(41-31-38-37(29-33(41)2)51(9,10)23-24-52(38,11)12)46-44-47(54(15,16)26-25-53(44,13)14)58-48(46)55(45)39-30-35(50(6,7)8)19-22-40(39)56(42)36-20-17-34(18-21-36)49(3,4)5/h17,19-22,27-31,34H,18,23-26H2,1-16H3. The van der Waals surface area contributed by atoms with E-state index in [-0.39, 0.29) is 39.2 Å². The van der Waals surface area contributed by atoms with E-state index >= 15 is 0 Å². The van der Waals surface area contributed by atoms with Crippen LogP contribution in [0.5, 0.6) is 0 Å². The van der Waals surface area contributed by atoms with Gasteiger partial charge in [0.2, 0.25) is 0 Å². The second-order valence-electron chi connectivity index (χ2n) is 23.8. The van der Waals surface area contributed by atoms with E-state index in [2.05, 4.69) is 181 Å². The third-order valence-electron chi connectivity index (χ3n) is 15.4. The number of anilines is 5. The summed E-state index contributed by atoms with van der Waals surface area (Å²) >= 11 is 0. The molecule has 3 heterocycles. The molecule has 0 fully saturated rings. The first-order valence-corrected chi connectivity index (χ1v) is 22.4. The number of allylic oxidation sites excluding steroid dienone is 3. The lowest BCUT2D eigenvalue weighted by molar-refractivity contribution is 0.282. The largest absolute Gasteiger partial charge is 0.472 e. The maximum Gasteiger partial charge on any atom is 0.297 e. The number of fused-ring (bicyclic) bond motifs is 7. The maximum atomic E-state index is 7.66. The molecular weight excluding hydrogens is 703 g/mol. The summed E-state index contributed by atoms with van der Waals surface area (Å²) in [5.74, 6) is 1.69. The Kier molecular flexibility index (Phi) is 8.40. The molecule has 1 atom stereocenters. The first-order chi connectivity index (χ1) is 26.8. The smallest absolute Gasteiger partial charge is 0.297 e. The van der Waals surface area contributed by atoms with Gasteiger partial charge in [0.1, 0.15) is 5.76 Å². The number of rotatable bonds is 2. The van der Waals surface area contributed by atoms with Crippen LogP contribution in [0.4, 0.5) is 28.4 Å². The zero-order valence-corrected chi connectivity index (χ0v) is 38.8. The summed E-state index contributed by atoms with van der Waals surface area (Å²) in [6, 6.07) is 17.5. The first kappa shape index (κ1) is 39.5. The fourth-order valence-corrected chi connectivity index (χ4v) is 11.3. The molecule has 1 unspecified atom stereocenters. The fraction of sp³-hybridized carbons (Fsp3) is 0.519. The van der Waals surface area contributed by atoms with Crippen LogP contribution < -0.4 is 26.4 Å². The van der Waals surface area contributed by atoms with Gasteiger partial charge in [-0.15, -0.1) is 0 Å². The highest BCUT2D eigenvalue weighted by Gasteiger charge is 2.53. The predicted octanol–water partition coefficient (Wildman–Crippen LogP) is 13.1. The maximum absolute atomic E-state index is 7.66. The van der Waals surface area contributed by atoms with Gasteiger partial charge in [0, 0.05) is 39.4 Å². The molecule has 0 N–H and O–H groups in total. The number of hydrogen-bond acceptors (Lipinski definition) is 3. The van der Waals surface area contributed by atoms with Crippen LogP contribution in [0.1, 0.15) is 168 Å². The molecule has 0 radical (unpaired) electrons. The monoisotopic (exact) mass is 773 g/mol. The number of furan rings is 1. The Balaban J connectivity index is 1.40. The van der Waals surface area contributed by atoms with Crippen LogP contribution in [0, 0.1) is 25.2 Å². The van der Waals surface area contributed by atoms with Gasteiger partial charge in [-0.1, -0.05) is 127 Å². The molecule has 2 aliphatic heterocycles. The number of aryl methyl sites for hydroxylation is 2. The van der Waals surface area contributed by atoms with E-state index in [0.29, 0.717) is 5.92 Å². The molecule has 0 amide bonds. The summed E-state index contributed by atoms with van der Waals surface area (Å²) in [5, 5.41) is 0. The van der Waals surface area contributed by atoms with Crippen LogP contribution in [0.2, 0.25) is 0 Å². The Morgan fingerprint density at radius 2 is 1.28 bits per heavy atom. The normalized spacial score (nSPS) is 22.1. The number of benzene rings is 3. The average molecular weight is 773 g/mol. The van der Waals surface area contributed by atoms with Gasteiger partial charge in [0.15, 0.2) is 0 Å². The molecule has 304 valence electrons. The van der Waals surface area contributed by atoms with Gasteiger partial charge in [-0.25, -0.2) is 0 Å². The van der Waals surface area contributed by atoms with E-state index in [4.69, 9.17) is 4.42 Å². The molecule has 3 nitrogen and oxygen atoms in total. The van der Waals surface area contributed by atoms with E-state index in [9.17, 15) is 0 Å². The zero-order chi connectivity index (χ0) is 41.9. The minimum absolute atomic E-state index is 0.00305. The zero-order valence-electron chi connectivity index (χ0n) is 38.8. The van der Waals surface area contributed by atoms with Crippen molar-refractivity contribution >= 4 is 51.7 Å². The second kappa shape index (κ2) is 12.3. The minimum Gasteiger partial charge on any atom is -0.472 e. The molecule has 9 rings (SSSR count). The van der Waals surface area contributed by atoms with Crippen LogP contribution in [0.15, 0.2) is 70.8 Å². The molecular formula is C54H69BN2O. The molecule has 1 aromatic heterocycles. The Morgan fingerprint density at radius 1 is 0.672 bits per heavy atom. The number of hydrogen-bond donors (Lipinski definition) is 0. The average Bonchev–Trinajstić information content (AvgIpc) is 3.54. The van der Waals surface area contributed by atoms with Crippen molar-refractivity contribution in [2.75, 3.05) is 9.80 Å². The van der Waals surface area contributed by atoms with Crippen molar-refractivity contribution in [2.24, 2.45) is 11.3 Å². The molecule has 0 bridgehead atoms. The van der Waals surface area contributed by atoms with Gasteiger partial charge in [-0.2, -0.15) is 0 Å². The van der Waals surface area contributed by atoms with Crippen LogP contribution in [0.3, 0.4) is 0 Å². The Hall–Kier alpha value is -3.92. The van der Waals surface area contributed by atoms with Gasteiger partial charge < -0.3 is 14.2 Å². The second-order valence-corrected chi connectivity index (χ2v) is 23.8. The highest BCUT2D eigenvalue weighted by atomic mass is 16.3. The van der Waals surface area contributed by atoms with Gasteiger partial charge in [-0.05, 0) is 148 Å². The molecule has 58 heavy (non-hydrogen) atoms. The van der Waals surface area contributed by atoms with Crippen LogP contribution in [-0.2, 0) is 27.1 Å². The topological polar surface area (TPSA) is 19.6 Å². The molecule has 3 aliphatic carbocycles. The molecule has 4 aromatic rings. The Labute approximate surface area is 351 Å². The van der Waals surface area contributed by atoms with Gasteiger partial charge in [0.25, 0.3) is 6.71 Å². The van der Waals surface area contributed by atoms with Crippen LogP contribution in [0.25, 0.3) is 0 Å². The fourth-order valence-electron chi connectivity index (χ4n) is 11.3. The van der Waals surface area contributed by atoms with Crippen LogP contribution >= 0.6 is 0 Å². The molecule has 0 spiro atoms. The SMILES string of the molecule is Cc1cc2c3c(c1)N(c1cc4c(cc1C)C(C)(C)CCC4(C)C)c1c(oc4c1C(C)(C)CCC4(C)C)B3c1cc(C(C)(C)C)ccc1N2C1=CCC(C(C)(C)C)C=C1.